The Labute approximate surface area is 156 Å². The summed E-state index contributed by atoms with van der Waals surface area (Å²) >= 11 is 0. The van der Waals surface area contributed by atoms with E-state index in [1.165, 1.54) is 18.2 Å². The fourth-order valence-corrected chi connectivity index (χ4v) is 3.20. The van der Waals surface area contributed by atoms with E-state index in [1.54, 1.807) is 19.9 Å². The van der Waals surface area contributed by atoms with E-state index in [0.29, 0.717) is 5.69 Å². The second-order valence-corrected chi connectivity index (χ2v) is 6.69. The van der Waals surface area contributed by atoms with Crippen LogP contribution in [-0.4, -0.2) is 23.9 Å². The van der Waals surface area contributed by atoms with Crippen LogP contribution in [0.15, 0.2) is 60.7 Å². The number of ether oxygens (including phenoxy) is 1. The Morgan fingerprint density at radius 3 is 2.30 bits per heavy atom. The predicted octanol–water partition coefficient (Wildman–Crippen LogP) is 4.21. The topological polar surface area (TPSA) is 63.7 Å². The van der Waals surface area contributed by atoms with Gasteiger partial charge in [0.25, 0.3) is 11.8 Å². The van der Waals surface area contributed by atoms with Crippen molar-refractivity contribution >= 4 is 34.2 Å². The van der Waals surface area contributed by atoms with Crippen molar-refractivity contribution in [3.8, 4) is 0 Å². The molecule has 0 saturated heterocycles. The lowest BCUT2D eigenvalue weighted by atomic mass is 10.1. The van der Waals surface area contributed by atoms with Gasteiger partial charge >= 0.3 is 5.97 Å². The molecule has 0 aliphatic carbocycles. The van der Waals surface area contributed by atoms with E-state index in [0.717, 1.165) is 15.7 Å². The van der Waals surface area contributed by atoms with Crippen molar-refractivity contribution in [3.05, 3.63) is 77.4 Å². The number of carbonyl (C=O) groups is 3. The van der Waals surface area contributed by atoms with Crippen molar-refractivity contribution in [2.24, 2.45) is 0 Å². The molecular formula is C22H17NO4. The molecule has 0 aromatic heterocycles. The number of esters is 1. The van der Waals surface area contributed by atoms with Crippen molar-refractivity contribution in [1.82, 2.24) is 0 Å². The molecule has 0 bridgehead atoms. The number of benzene rings is 3. The van der Waals surface area contributed by atoms with Gasteiger partial charge in [-0.3, -0.25) is 9.59 Å². The highest BCUT2D eigenvalue weighted by molar-refractivity contribution is 6.35. The van der Waals surface area contributed by atoms with Crippen LogP contribution in [0, 0.1) is 0 Å². The largest absolute Gasteiger partial charge is 0.459 e. The molecule has 2 amide bonds. The van der Waals surface area contributed by atoms with E-state index in [9.17, 15) is 14.4 Å². The van der Waals surface area contributed by atoms with Crippen LogP contribution in [0.25, 0.3) is 10.8 Å². The monoisotopic (exact) mass is 359 g/mol. The van der Waals surface area contributed by atoms with Crippen molar-refractivity contribution in [2.75, 3.05) is 4.90 Å². The van der Waals surface area contributed by atoms with Crippen LogP contribution in [0.5, 0.6) is 0 Å². The van der Waals surface area contributed by atoms with Crippen LogP contribution in [0.2, 0.25) is 0 Å². The average molecular weight is 359 g/mol. The van der Waals surface area contributed by atoms with Crippen LogP contribution in [-0.2, 0) is 4.74 Å². The molecule has 4 rings (SSSR count). The third kappa shape index (κ3) is 2.87. The lowest BCUT2D eigenvalue weighted by Gasteiger charge is -2.14. The van der Waals surface area contributed by atoms with Crippen LogP contribution < -0.4 is 4.90 Å². The van der Waals surface area contributed by atoms with Gasteiger partial charge in [-0.1, -0.05) is 30.3 Å². The van der Waals surface area contributed by atoms with Crippen LogP contribution in [0.4, 0.5) is 5.69 Å². The van der Waals surface area contributed by atoms with Crippen molar-refractivity contribution in [1.29, 1.82) is 0 Å². The van der Waals surface area contributed by atoms with Gasteiger partial charge in [-0.15, -0.1) is 0 Å². The highest BCUT2D eigenvalue weighted by Crippen LogP contribution is 2.31. The molecule has 134 valence electrons. The van der Waals surface area contributed by atoms with Crippen LogP contribution in [0.1, 0.15) is 44.9 Å². The first-order valence-corrected chi connectivity index (χ1v) is 8.68. The molecule has 5 heteroatoms. The number of amides is 2. The highest BCUT2D eigenvalue weighted by atomic mass is 16.5. The zero-order valence-electron chi connectivity index (χ0n) is 14.9. The Bertz CT molecular complexity index is 1100. The maximum atomic E-state index is 12.9. The van der Waals surface area contributed by atoms with Crippen LogP contribution >= 0.6 is 0 Å². The number of nitrogens with zero attached hydrogens (tertiary/aromatic N) is 1. The summed E-state index contributed by atoms with van der Waals surface area (Å²) in [7, 11) is 0. The van der Waals surface area contributed by atoms with Crippen molar-refractivity contribution in [3.63, 3.8) is 0 Å². The zero-order chi connectivity index (χ0) is 19.1. The van der Waals surface area contributed by atoms with Gasteiger partial charge in [0.2, 0.25) is 0 Å². The van der Waals surface area contributed by atoms with E-state index in [-0.39, 0.29) is 22.8 Å². The molecule has 1 aliphatic rings. The maximum Gasteiger partial charge on any atom is 0.338 e. The first-order chi connectivity index (χ1) is 13.0. The van der Waals surface area contributed by atoms with Crippen molar-refractivity contribution < 1.29 is 19.1 Å². The number of hydrogen-bond acceptors (Lipinski definition) is 4. The summed E-state index contributed by atoms with van der Waals surface area (Å²) in [5.74, 6) is -1.35. The SMILES string of the molecule is CC(C)OC(=O)c1ccc2c(c1)C(=O)N(c1ccc3ccccc3c1)C2=O. The predicted molar refractivity (Wildman–Crippen MR) is 102 cm³/mol. The molecule has 0 saturated carbocycles. The summed E-state index contributed by atoms with van der Waals surface area (Å²) in [5, 5.41) is 1.96. The molecule has 0 N–H and O–H groups in total. The third-order valence-electron chi connectivity index (χ3n) is 4.46. The van der Waals surface area contributed by atoms with Crippen molar-refractivity contribution in [2.45, 2.75) is 20.0 Å². The van der Waals surface area contributed by atoms with E-state index >= 15 is 0 Å². The zero-order valence-corrected chi connectivity index (χ0v) is 14.9. The Balaban J connectivity index is 1.72. The van der Waals surface area contributed by atoms with Gasteiger partial charge in [0.05, 0.1) is 28.5 Å². The standard InChI is InChI=1S/C22H17NO4/c1-13(2)27-22(26)16-8-10-18-19(12-16)21(25)23(20(18)24)17-9-7-14-5-3-4-6-15(14)11-17/h3-13H,1-2H3. The van der Waals surface area contributed by atoms with E-state index < -0.39 is 17.8 Å². The smallest absolute Gasteiger partial charge is 0.338 e. The lowest BCUT2D eigenvalue weighted by molar-refractivity contribution is 0.0377. The molecule has 0 atom stereocenters. The quantitative estimate of drug-likeness (QED) is 0.519. The second-order valence-electron chi connectivity index (χ2n) is 6.69. The fraction of sp³-hybridized carbons (Fsp3) is 0.136. The molecular weight excluding hydrogens is 342 g/mol. The molecule has 3 aromatic carbocycles. The normalized spacial score (nSPS) is 13.4. The van der Waals surface area contributed by atoms with E-state index in [1.807, 2.05) is 36.4 Å². The van der Waals surface area contributed by atoms with E-state index in [4.69, 9.17) is 4.74 Å². The number of carbonyl (C=O) groups excluding carboxylic acids is 3. The van der Waals surface area contributed by atoms with E-state index in [2.05, 4.69) is 0 Å². The van der Waals surface area contributed by atoms with Gasteiger partial charge in [0.1, 0.15) is 0 Å². The molecule has 5 nitrogen and oxygen atoms in total. The average Bonchev–Trinajstić information content (AvgIpc) is 2.91. The third-order valence-corrected chi connectivity index (χ3v) is 4.46. The molecule has 3 aromatic rings. The number of rotatable bonds is 3. The molecule has 27 heavy (non-hydrogen) atoms. The van der Waals surface area contributed by atoms with Gasteiger partial charge < -0.3 is 4.74 Å². The molecule has 1 aliphatic heterocycles. The molecule has 0 fully saturated rings. The molecule has 0 spiro atoms. The maximum absolute atomic E-state index is 12.9. The number of imide groups is 1. The summed E-state index contributed by atoms with van der Waals surface area (Å²) in [5.41, 5.74) is 1.26. The number of fused-ring (bicyclic) bond motifs is 2. The van der Waals surface area contributed by atoms with Gasteiger partial charge in [-0.25, -0.2) is 9.69 Å². The van der Waals surface area contributed by atoms with Gasteiger partial charge in [-0.05, 0) is 55.0 Å². The minimum atomic E-state index is -0.516. The molecule has 0 radical (unpaired) electrons. The lowest BCUT2D eigenvalue weighted by Crippen LogP contribution is -2.29. The minimum absolute atomic E-state index is 0.214. The Morgan fingerprint density at radius 2 is 1.56 bits per heavy atom. The first kappa shape index (κ1) is 17.0. The van der Waals surface area contributed by atoms with Crippen LogP contribution in [0.3, 0.4) is 0 Å². The summed E-state index contributed by atoms with van der Waals surface area (Å²) in [4.78, 5) is 38.9. The molecule has 0 unspecified atom stereocenters. The van der Waals surface area contributed by atoms with Gasteiger partial charge in [0, 0.05) is 0 Å². The number of hydrogen-bond donors (Lipinski definition) is 0. The Morgan fingerprint density at radius 1 is 0.852 bits per heavy atom. The summed E-state index contributed by atoms with van der Waals surface area (Å²) < 4.78 is 5.17. The Kier molecular flexibility index (Phi) is 4.00. The minimum Gasteiger partial charge on any atom is -0.459 e. The molecule has 1 heterocycles. The highest BCUT2D eigenvalue weighted by Gasteiger charge is 2.37. The van der Waals surface area contributed by atoms with Gasteiger partial charge in [0.15, 0.2) is 0 Å². The summed E-state index contributed by atoms with van der Waals surface area (Å²) in [6.07, 6.45) is -0.266. The second kappa shape index (κ2) is 6.36. The number of anilines is 1. The first-order valence-electron chi connectivity index (χ1n) is 8.68. The summed E-state index contributed by atoms with van der Waals surface area (Å²) in [6, 6.07) is 17.6. The van der Waals surface area contributed by atoms with Gasteiger partial charge in [-0.2, -0.15) is 0 Å². The Hall–Kier alpha value is -3.47. The summed E-state index contributed by atoms with van der Waals surface area (Å²) in [6.45, 7) is 3.50. The fourth-order valence-electron chi connectivity index (χ4n) is 3.20.